The summed E-state index contributed by atoms with van der Waals surface area (Å²) in [6.45, 7) is 0. The largest absolute Gasteiger partial charge is 0.417 e. The van der Waals surface area contributed by atoms with Crippen LogP contribution in [0.5, 0.6) is 0 Å². The average molecular weight is 274 g/mol. The van der Waals surface area contributed by atoms with E-state index in [1.165, 1.54) is 6.20 Å². The molecule has 0 aliphatic rings. The SMILES string of the molecule is FC(F)(F)c1cncc(-c2ccc3ccccc3n2)c1. The lowest BCUT2D eigenvalue weighted by molar-refractivity contribution is -0.137. The first kappa shape index (κ1) is 12.6. The first-order valence-corrected chi connectivity index (χ1v) is 5.92. The summed E-state index contributed by atoms with van der Waals surface area (Å²) in [7, 11) is 0. The van der Waals surface area contributed by atoms with Crippen molar-refractivity contribution >= 4 is 10.9 Å². The minimum absolute atomic E-state index is 0.352. The number of pyridine rings is 2. The van der Waals surface area contributed by atoms with E-state index < -0.39 is 11.7 Å². The molecule has 0 saturated heterocycles. The maximum Gasteiger partial charge on any atom is 0.417 e. The molecule has 0 atom stereocenters. The molecule has 0 aliphatic carbocycles. The van der Waals surface area contributed by atoms with E-state index in [-0.39, 0.29) is 0 Å². The second kappa shape index (κ2) is 4.59. The Morgan fingerprint density at radius 1 is 0.900 bits per heavy atom. The zero-order valence-electron chi connectivity index (χ0n) is 10.2. The van der Waals surface area contributed by atoms with Crippen molar-refractivity contribution in [2.45, 2.75) is 6.18 Å². The smallest absolute Gasteiger partial charge is 0.263 e. The number of alkyl halides is 3. The fraction of sp³-hybridized carbons (Fsp3) is 0.0667. The van der Waals surface area contributed by atoms with Gasteiger partial charge in [-0.3, -0.25) is 4.98 Å². The number of hydrogen-bond acceptors (Lipinski definition) is 2. The highest BCUT2D eigenvalue weighted by atomic mass is 19.4. The maximum absolute atomic E-state index is 12.7. The number of fused-ring (bicyclic) bond motifs is 1. The molecule has 0 aliphatic heterocycles. The Hall–Kier alpha value is -2.43. The van der Waals surface area contributed by atoms with Crippen LogP contribution in [0.1, 0.15) is 5.56 Å². The minimum Gasteiger partial charge on any atom is -0.263 e. The van der Waals surface area contributed by atoms with E-state index in [9.17, 15) is 13.2 Å². The van der Waals surface area contributed by atoms with Gasteiger partial charge in [0, 0.05) is 23.3 Å². The van der Waals surface area contributed by atoms with Gasteiger partial charge in [-0.2, -0.15) is 13.2 Å². The summed E-state index contributed by atoms with van der Waals surface area (Å²) in [6, 6.07) is 12.0. The monoisotopic (exact) mass is 274 g/mol. The molecule has 3 rings (SSSR count). The summed E-state index contributed by atoms with van der Waals surface area (Å²) in [5, 5.41) is 0.941. The van der Waals surface area contributed by atoms with Gasteiger partial charge in [-0.15, -0.1) is 0 Å². The molecule has 0 spiro atoms. The standard InChI is InChI=1S/C15H9F3N2/c16-15(17,18)12-7-11(8-19-9-12)14-6-5-10-3-1-2-4-13(10)20-14/h1-9H. The van der Waals surface area contributed by atoms with Gasteiger partial charge >= 0.3 is 6.18 Å². The van der Waals surface area contributed by atoms with Crippen LogP contribution in [0.2, 0.25) is 0 Å². The first-order valence-electron chi connectivity index (χ1n) is 5.92. The van der Waals surface area contributed by atoms with Crippen molar-refractivity contribution in [3.8, 4) is 11.3 Å². The number of aromatic nitrogens is 2. The van der Waals surface area contributed by atoms with Gasteiger partial charge in [0.25, 0.3) is 0 Å². The topological polar surface area (TPSA) is 25.8 Å². The third-order valence-corrected chi connectivity index (χ3v) is 2.96. The van der Waals surface area contributed by atoms with Crippen LogP contribution < -0.4 is 0 Å². The van der Waals surface area contributed by atoms with Gasteiger partial charge in [0.2, 0.25) is 0 Å². The lowest BCUT2D eigenvalue weighted by atomic mass is 10.1. The van der Waals surface area contributed by atoms with Crippen LogP contribution >= 0.6 is 0 Å². The van der Waals surface area contributed by atoms with Crippen molar-refractivity contribution in [1.29, 1.82) is 0 Å². The zero-order valence-corrected chi connectivity index (χ0v) is 10.2. The van der Waals surface area contributed by atoms with Gasteiger partial charge in [0.1, 0.15) is 0 Å². The molecule has 0 radical (unpaired) electrons. The van der Waals surface area contributed by atoms with E-state index in [4.69, 9.17) is 0 Å². The molecular formula is C15H9F3N2. The fourth-order valence-electron chi connectivity index (χ4n) is 1.96. The molecule has 0 unspecified atom stereocenters. The minimum atomic E-state index is -4.40. The number of para-hydroxylation sites is 1. The normalized spacial score (nSPS) is 11.8. The van der Waals surface area contributed by atoms with Crippen LogP contribution in [0.4, 0.5) is 13.2 Å². The van der Waals surface area contributed by atoms with E-state index in [1.54, 1.807) is 6.07 Å². The van der Waals surface area contributed by atoms with Gasteiger partial charge in [-0.25, -0.2) is 4.98 Å². The van der Waals surface area contributed by atoms with Crippen LogP contribution in [-0.4, -0.2) is 9.97 Å². The Kier molecular flexibility index (Phi) is 2.89. The third-order valence-electron chi connectivity index (χ3n) is 2.96. The van der Waals surface area contributed by atoms with Crippen molar-refractivity contribution in [3.63, 3.8) is 0 Å². The Morgan fingerprint density at radius 3 is 2.50 bits per heavy atom. The molecule has 2 nitrogen and oxygen atoms in total. The van der Waals surface area contributed by atoms with Crippen molar-refractivity contribution in [1.82, 2.24) is 9.97 Å². The fourth-order valence-corrected chi connectivity index (χ4v) is 1.96. The van der Waals surface area contributed by atoms with E-state index in [0.29, 0.717) is 11.3 Å². The van der Waals surface area contributed by atoms with Gasteiger partial charge in [-0.1, -0.05) is 24.3 Å². The van der Waals surface area contributed by atoms with Crippen molar-refractivity contribution < 1.29 is 13.2 Å². The number of halogens is 3. The number of rotatable bonds is 1. The quantitative estimate of drug-likeness (QED) is 0.660. The Balaban J connectivity index is 2.11. The molecule has 100 valence electrons. The lowest BCUT2D eigenvalue weighted by Crippen LogP contribution is -2.05. The van der Waals surface area contributed by atoms with Gasteiger partial charge in [-0.05, 0) is 18.2 Å². The summed E-state index contributed by atoms with van der Waals surface area (Å²) in [6.07, 6.45) is -2.21. The Bertz CT molecular complexity index is 766. The van der Waals surface area contributed by atoms with Gasteiger partial charge in [0.05, 0.1) is 16.8 Å². The summed E-state index contributed by atoms with van der Waals surface area (Å²) >= 11 is 0. The predicted molar refractivity (Wildman–Crippen MR) is 70.0 cm³/mol. The highest BCUT2D eigenvalue weighted by molar-refractivity contribution is 5.81. The van der Waals surface area contributed by atoms with E-state index >= 15 is 0 Å². The van der Waals surface area contributed by atoms with Crippen LogP contribution in [0.25, 0.3) is 22.2 Å². The second-order valence-corrected chi connectivity index (χ2v) is 4.35. The van der Waals surface area contributed by atoms with E-state index in [2.05, 4.69) is 9.97 Å². The molecule has 2 aromatic heterocycles. The van der Waals surface area contributed by atoms with Crippen LogP contribution in [0.15, 0.2) is 54.9 Å². The third kappa shape index (κ3) is 2.34. The summed E-state index contributed by atoms with van der Waals surface area (Å²) in [5.41, 5.74) is 0.792. The van der Waals surface area contributed by atoms with Gasteiger partial charge in [0.15, 0.2) is 0 Å². The summed E-state index contributed by atoms with van der Waals surface area (Å²) in [4.78, 5) is 8.01. The molecule has 5 heteroatoms. The molecular weight excluding hydrogens is 265 g/mol. The van der Waals surface area contributed by atoms with E-state index in [0.717, 1.165) is 23.2 Å². The number of nitrogens with zero attached hydrogens (tertiary/aromatic N) is 2. The second-order valence-electron chi connectivity index (χ2n) is 4.35. The molecule has 0 fully saturated rings. The van der Waals surface area contributed by atoms with E-state index in [1.807, 2.05) is 30.3 Å². The zero-order chi connectivity index (χ0) is 14.2. The number of benzene rings is 1. The first-order chi connectivity index (χ1) is 9.54. The molecule has 0 saturated carbocycles. The molecule has 0 N–H and O–H groups in total. The molecule has 1 aromatic carbocycles. The summed E-state index contributed by atoms with van der Waals surface area (Å²) in [5.74, 6) is 0. The molecule has 3 aromatic rings. The maximum atomic E-state index is 12.7. The predicted octanol–water partition coefficient (Wildman–Crippen LogP) is 4.32. The average Bonchev–Trinajstić information content (AvgIpc) is 2.46. The highest BCUT2D eigenvalue weighted by Gasteiger charge is 2.31. The molecule has 2 heterocycles. The van der Waals surface area contributed by atoms with Crippen LogP contribution in [-0.2, 0) is 6.18 Å². The van der Waals surface area contributed by atoms with Crippen molar-refractivity contribution in [3.05, 3.63) is 60.4 Å². The van der Waals surface area contributed by atoms with Crippen molar-refractivity contribution in [2.24, 2.45) is 0 Å². The molecule has 20 heavy (non-hydrogen) atoms. The summed E-state index contributed by atoms with van der Waals surface area (Å²) < 4.78 is 38.0. The highest BCUT2D eigenvalue weighted by Crippen LogP contribution is 2.31. The lowest BCUT2D eigenvalue weighted by Gasteiger charge is -2.08. The molecule has 0 amide bonds. The number of hydrogen-bond donors (Lipinski definition) is 0. The Morgan fingerprint density at radius 2 is 1.70 bits per heavy atom. The molecule has 0 bridgehead atoms. The van der Waals surface area contributed by atoms with Crippen LogP contribution in [0.3, 0.4) is 0 Å². The van der Waals surface area contributed by atoms with Crippen molar-refractivity contribution in [2.75, 3.05) is 0 Å². The van der Waals surface area contributed by atoms with Crippen LogP contribution in [0, 0.1) is 0 Å². The Labute approximate surface area is 112 Å². The van der Waals surface area contributed by atoms with Gasteiger partial charge < -0.3 is 0 Å².